The molecule has 0 radical (unpaired) electrons. The number of ether oxygens (including phenoxy) is 1. The summed E-state index contributed by atoms with van der Waals surface area (Å²) in [4.78, 5) is 0. The number of nitrogens with one attached hydrogen (secondary N) is 1. The highest BCUT2D eigenvalue weighted by atomic mass is 35.5. The molecule has 2 aromatic rings. The molecule has 0 spiro atoms. The van der Waals surface area contributed by atoms with Crippen LogP contribution >= 0.6 is 11.6 Å². The average molecular weight is 304 g/mol. The molecule has 1 atom stereocenters. The summed E-state index contributed by atoms with van der Waals surface area (Å²) in [6.07, 6.45) is 0. The lowest BCUT2D eigenvalue weighted by Gasteiger charge is -2.25. The van der Waals surface area contributed by atoms with Crippen LogP contribution in [0.4, 0.5) is 0 Å². The molecule has 3 heteroatoms. The Balaban J connectivity index is 2.61. The van der Waals surface area contributed by atoms with Gasteiger partial charge in [0.25, 0.3) is 0 Å². The fourth-order valence-electron chi connectivity index (χ4n) is 2.79. The van der Waals surface area contributed by atoms with Crippen LogP contribution in [0.5, 0.6) is 5.75 Å². The van der Waals surface area contributed by atoms with Crippen LogP contribution in [0.1, 0.15) is 35.2 Å². The van der Waals surface area contributed by atoms with E-state index in [2.05, 4.69) is 44.3 Å². The topological polar surface area (TPSA) is 21.3 Å². The first kappa shape index (κ1) is 15.9. The number of rotatable bonds is 5. The lowest BCUT2D eigenvalue weighted by molar-refractivity contribution is 0.404. The van der Waals surface area contributed by atoms with Crippen LogP contribution in [0.2, 0.25) is 5.02 Å². The van der Waals surface area contributed by atoms with E-state index in [0.717, 1.165) is 22.9 Å². The van der Waals surface area contributed by atoms with Gasteiger partial charge in [0.15, 0.2) is 0 Å². The van der Waals surface area contributed by atoms with E-state index in [9.17, 15) is 0 Å². The van der Waals surface area contributed by atoms with Crippen LogP contribution in [-0.4, -0.2) is 13.7 Å². The summed E-state index contributed by atoms with van der Waals surface area (Å²) in [5.41, 5.74) is 4.90. The van der Waals surface area contributed by atoms with Crippen LogP contribution < -0.4 is 10.1 Å². The minimum absolute atomic E-state index is 0.0739. The van der Waals surface area contributed by atoms with Gasteiger partial charge >= 0.3 is 0 Å². The van der Waals surface area contributed by atoms with E-state index in [0.29, 0.717) is 0 Å². The highest BCUT2D eigenvalue weighted by Gasteiger charge is 2.21. The zero-order valence-electron chi connectivity index (χ0n) is 13.0. The lowest BCUT2D eigenvalue weighted by atomic mass is 9.90. The van der Waals surface area contributed by atoms with Gasteiger partial charge in [-0.25, -0.2) is 0 Å². The van der Waals surface area contributed by atoms with Crippen molar-refractivity contribution < 1.29 is 4.74 Å². The number of benzene rings is 2. The average Bonchev–Trinajstić information content (AvgIpc) is 2.46. The Hall–Kier alpha value is -1.51. The van der Waals surface area contributed by atoms with Crippen molar-refractivity contribution in [2.45, 2.75) is 26.8 Å². The molecule has 2 aromatic carbocycles. The van der Waals surface area contributed by atoms with Gasteiger partial charge in [0.1, 0.15) is 5.75 Å². The molecule has 0 bridgehead atoms. The molecule has 0 aromatic heterocycles. The van der Waals surface area contributed by atoms with Gasteiger partial charge in [-0.2, -0.15) is 0 Å². The molecular weight excluding hydrogens is 282 g/mol. The molecule has 1 unspecified atom stereocenters. The minimum atomic E-state index is 0.0739. The third kappa shape index (κ3) is 3.39. The van der Waals surface area contributed by atoms with Gasteiger partial charge in [-0.1, -0.05) is 36.7 Å². The first-order chi connectivity index (χ1) is 10.1. The van der Waals surface area contributed by atoms with Crippen molar-refractivity contribution in [3.8, 4) is 5.75 Å². The second-order valence-electron chi connectivity index (χ2n) is 5.18. The zero-order valence-corrected chi connectivity index (χ0v) is 13.8. The molecule has 2 nitrogen and oxygen atoms in total. The Labute approximate surface area is 132 Å². The smallest absolute Gasteiger partial charge is 0.124 e. The molecule has 2 rings (SSSR count). The maximum absolute atomic E-state index is 6.20. The number of hydrogen-bond donors (Lipinski definition) is 1. The molecule has 0 aliphatic rings. The Bertz CT molecular complexity index is 604. The molecule has 0 amide bonds. The van der Waals surface area contributed by atoms with Crippen LogP contribution in [0, 0.1) is 13.8 Å². The summed E-state index contributed by atoms with van der Waals surface area (Å²) in [6, 6.07) is 12.2. The summed E-state index contributed by atoms with van der Waals surface area (Å²) >= 11 is 6.20. The summed E-state index contributed by atoms with van der Waals surface area (Å²) in [5.74, 6) is 0.855. The third-order valence-electron chi connectivity index (χ3n) is 3.74. The Kier molecular flexibility index (Phi) is 5.27. The van der Waals surface area contributed by atoms with Crippen LogP contribution in [0.3, 0.4) is 0 Å². The predicted octanol–water partition coefficient (Wildman–Crippen LogP) is 4.66. The molecular formula is C18H22ClNO. The predicted molar refractivity (Wildman–Crippen MR) is 89.4 cm³/mol. The molecule has 0 aliphatic carbocycles. The quantitative estimate of drug-likeness (QED) is 0.867. The van der Waals surface area contributed by atoms with Crippen molar-refractivity contribution in [1.82, 2.24) is 5.32 Å². The largest absolute Gasteiger partial charge is 0.496 e. The van der Waals surface area contributed by atoms with Crippen molar-refractivity contribution in [2.24, 2.45) is 0 Å². The fraction of sp³-hybridized carbons (Fsp3) is 0.333. The molecule has 21 heavy (non-hydrogen) atoms. The van der Waals surface area contributed by atoms with Crippen molar-refractivity contribution in [3.05, 3.63) is 63.7 Å². The van der Waals surface area contributed by atoms with Crippen molar-refractivity contribution in [2.75, 3.05) is 13.7 Å². The van der Waals surface area contributed by atoms with Crippen molar-refractivity contribution in [1.29, 1.82) is 0 Å². The highest BCUT2D eigenvalue weighted by Crippen LogP contribution is 2.35. The Morgan fingerprint density at radius 3 is 2.38 bits per heavy atom. The maximum Gasteiger partial charge on any atom is 0.124 e. The van der Waals surface area contributed by atoms with Gasteiger partial charge in [0, 0.05) is 10.6 Å². The van der Waals surface area contributed by atoms with Gasteiger partial charge in [0.05, 0.1) is 13.2 Å². The first-order valence-corrected chi connectivity index (χ1v) is 7.59. The molecule has 112 valence electrons. The van der Waals surface area contributed by atoms with Crippen molar-refractivity contribution in [3.63, 3.8) is 0 Å². The molecule has 1 N–H and O–H groups in total. The molecule has 0 aliphatic heterocycles. The van der Waals surface area contributed by atoms with E-state index < -0.39 is 0 Å². The monoisotopic (exact) mass is 303 g/mol. The number of methoxy groups -OCH3 is 1. The van der Waals surface area contributed by atoms with E-state index >= 15 is 0 Å². The van der Waals surface area contributed by atoms with Crippen LogP contribution in [-0.2, 0) is 0 Å². The van der Waals surface area contributed by atoms with E-state index in [1.165, 1.54) is 16.7 Å². The van der Waals surface area contributed by atoms with E-state index in [-0.39, 0.29) is 6.04 Å². The Morgan fingerprint density at radius 1 is 1.14 bits per heavy atom. The normalized spacial score (nSPS) is 12.2. The second kappa shape index (κ2) is 6.97. The minimum Gasteiger partial charge on any atom is -0.496 e. The summed E-state index contributed by atoms with van der Waals surface area (Å²) < 4.78 is 5.53. The summed E-state index contributed by atoms with van der Waals surface area (Å²) in [6.45, 7) is 7.26. The number of aryl methyl sites for hydroxylation is 2. The zero-order chi connectivity index (χ0) is 15.4. The SMILES string of the molecule is CCNC(c1cc(Cl)ccc1OC)c1c(C)cccc1C. The van der Waals surface area contributed by atoms with E-state index in [1.807, 2.05) is 18.2 Å². The second-order valence-corrected chi connectivity index (χ2v) is 5.62. The summed E-state index contributed by atoms with van der Waals surface area (Å²) in [5, 5.41) is 4.28. The molecule has 0 fully saturated rings. The highest BCUT2D eigenvalue weighted by molar-refractivity contribution is 6.30. The number of hydrogen-bond acceptors (Lipinski definition) is 2. The van der Waals surface area contributed by atoms with Crippen LogP contribution in [0.15, 0.2) is 36.4 Å². The molecule has 0 heterocycles. The van der Waals surface area contributed by atoms with Crippen LogP contribution in [0.25, 0.3) is 0 Å². The van der Waals surface area contributed by atoms with E-state index in [1.54, 1.807) is 7.11 Å². The first-order valence-electron chi connectivity index (χ1n) is 7.21. The van der Waals surface area contributed by atoms with Gasteiger partial charge < -0.3 is 10.1 Å². The maximum atomic E-state index is 6.20. The van der Waals surface area contributed by atoms with Gasteiger partial charge in [0.2, 0.25) is 0 Å². The summed E-state index contributed by atoms with van der Waals surface area (Å²) in [7, 11) is 1.69. The lowest BCUT2D eigenvalue weighted by Crippen LogP contribution is -2.24. The number of halogens is 1. The van der Waals surface area contributed by atoms with Gasteiger partial charge in [-0.15, -0.1) is 0 Å². The van der Waals surface area contributed by atoms with Gasteiger partial charge in [-0.3, -0.25) is 0 Å². The fourth-order valence-corrected chi connectivity index (χ4v) is 2.97. The standard InChI is InChI=1S/C18H22ClNO/c1-5-20-18(17-12(2)7-6-8-13(17)3)15-11-14(19)9-10-16(15)21-4/h6-11,18,20H,5H2,1-4H3. The van der Waals surface area contributed by atoms with Crippen molar-refractivity contribution >= 4 is 11.6 Å². The molecule has 0 saturated carbocycles. The van der Waals surface area contributed by atoms with Gasteiger partial charge in [-0.05, 0) is 55.3 Å². The Morgan fingerprint density at radius 2 is 1.81 bits per heavy atom. The molecule has 0 saturated heterocycles. The third-order valence-corrected chi connectivity index (χ3v) is 3.98. The van der Waals surface area contributed by atoms with E-state index in [4.69, 9.17) is 16.3 Å².